The number of nitrogens with one attached hydrogen (secondary N) is 1. The standard InChI is InChI=1S/C22H24BrNO5/c1-14(25)8-9-24-18-11-15(10-17(23)21(18)28-4)6-7-16-12-19(26-2)22(29-5)20(13-16)27-3/h6-13,24H,1-5H3/b7-6-,9-8-. The van der Waals surface area contributed by atoms with E-state index in [-0.39, 0.29) is 5.78 Å². The van der Waals surface area contributed by atoms with E-state index < -0.39 is 0 Å². The lowest BCUT2D eigenvalue weighted by Gasteiger charge is -2.13. The molecular formula is C22H24BrNO5. The van der Waals surface area contributed by atoms with Crippen LogP contribution in [0.5, 0.6) is 23.0 Å². The second-order valence-electron chi connectivity index (χ2n) is 5.96. The van der Waals surface area contributed by atoms with Crippen molar-refractivity contribution in [2.45, 2.75) is 6.92 Å². The van der Waals surface area contributed by atoms with Gasteiger partial charge in [0.1, 0.15) is 0 Å². The molecule has 0 radical (unpaired) electrons. The van der Waals surface area contributed by atoms with Crippen LogP contribution in [-0.2, 0) is 4.79 Å². The van der Waals surface area contributed by atoms with Crippen LogP contribution in [0.1, 0.15) is 18.1 Å². The highest BCUT2D eigenvalue weighted by Crippen LogP contribution is 2.39. The molecule has 0 saturated heterocycles. The molecule has 0 unspecified atom stereocenters. The topological polar surface area (TPSA) is 66.0 Å². The summed E-state index contributed by atoms with van der Waals surface area (Å²) in [6.07, 6.45) is 6.92. The van der Waals surface area contributed by atoms with Crippen molar-refractivity contribution in [1.82, 2.24) is 0 Å². The number of rotatable bonds is 9. The molecular weight excluding hydrogens is 438 g/mol. The highest BCUT2D eigenvalue weighted by molar-refractivity contribution is 9.10. The van der Waals surface area contributed by atoms with E-state index in [9.17, 15) is 4.79 Å². The van der Waals surface area contributed by atoms with Gasteiger partial charge in [-0.3, -0.25) is 4.79 Å². The lowest BCUT2D eigenvalue weighted by molar-refractivity contribution is -0.112. The van der Waals surface area contributed by atoms with Crippen molar-refractivity contribution in [1.29, 1.82) is 0 Å². The molecule has 29 heavy (non-hydrogen) atoms. The SMILES string of the molecule is COc1cc(/C=C\c2cc(Br)c(OC)c(N/C=C\C(C)=O)c2)cc(OC)c1OC. The minimum atomic E-state index is -0.0472. The summed E-state index contributed by atoms with van der Waals surface area (Å²) in [5.74, 6) is 2.30. The first-order chi connectivity index (χ1) is 13.9. The molecule has 6 nitrogen and oxygen atoms in total. The maximum atomic E-state index is 11.1. The zero-order valence-corrected chi connectivity index (χ0v) is 18.6. The molecule has 0 aliphatic heterocycles. The Bertz CT molecular complexity index is 912. The largest absolute Gasteiger partial charge is 0.493 e. The van der Waals surface area contributed by atoms with Crippen LogP contribution in [-0.4, -0.2) is 34.2 Å². The molecule has 7 heteroatoms. The van der Waals surface area contributed by atoms with Crippen molar-refractivity contribution >= 4 is 39.6 Å². The number of anilines is 1. The molecule has 0 fully saturated rings. The Labute approximate surface area is 179 Å². The smallest absolute Gasteiger partial charge is 0.203 e. The second kappa shape index (κ2) is 10.6. The Morgan fingerprint density at radius 1 is 0.862 bits per heavy atom. The zero-order chi connectivity index (χ0) is 21.4. The van der Waals surface area contributed by atoms with Gasteiger partial charge in [-0.1, -0.05) is 12.2 Å². The van der Waals surface area contributed by atoms with E-state index in [1.165, 1.54) is 13.0 Å². The molecule has 0 aliphatic rings. The van der Waals surface area contributed by atoms with Gasteiger partial charge >= 0.3 is 0 Å². The normalized spacial score (nSPS) is 11.0. The van der Waals surface area contributed by atoms with Crippen LogP contribution in [0.4, 0.5) is 5.69 Å². The maximum Gasteiger partial charge on any atom is 0.203 e. The Hall–Kier alpha value is -2.93. The molecule has 0 saturated carbocycles. The molecule has 2 aromatic carbocycles. The third-order valence-electron chi connectivity index (χ3n) is 3.98. The number of carbonyl (C=O) groups is 1. The second-order valence-corrected chi connectivity index (χ2v) is 6.82. The van der Waals surface area contributed by atoms with Gasteiger partial charge in [-0.25, -0.2) is 0 Å². The van der Waals surface area contributed by atoms with Gasteiger partial charge in [0.05, 0.1) is 38.6 Å². The Morgan fingerprint density at radius 3 is 1.90 bits per heavy atom. The average molecular weight is 462 g/mol. The number of carbonyl (C=O) groups excluding carboxylic acids is 1. The van der Waals surface area contributed by atoms with E-state index in [2.05, 4.69) is 21.2 Å². The summed E-state index contributed by atoms with van der Waals surface area (Å²) in [5.41, 5.74) is 2.53. The highest BCUT2D eigenvalue weighted by Gasteiger charge is 2.12. The molecule has 0 aliphatic carbocycles. The zero-order valence-electron chi connectivity index (χ0n) is 17.0. The van der Waals surface area contributed by atoms with Gasteiger partial charge in [0.25, 0.3) is 0 Å². The van der Waals surface area contributed by atoms with Crippen molar-refractivity contribution in [3.63, 3.8) is 0 Å². The van der Waals surface area contributed by atoms with Crippen LogP contribution in [0.25, 0.3) is 12.2 Å². The minimum Gasteiger partial charge on any atom is -0.493 e. The van der Waals surface area contributed by atoms with Gasteiger partial charge in [-0.2, -0.15) is 0 Å². The predicted molar refractivity (Wildman–Crippen MR) is 119 cm³/mol. The summed E-state index contributed by atoms with van der Waals surface area (Å²) in [7, 11) is 6.32. The number of hydrogen-bond acceptors (Lipinski definition) is 6. The summed E-state index contributed by atoms with van der Waals surface area (Å²) in [4.78, 5) is 11.1. The van der Waals surface area contributed by atoms with Crippen LogP contribution >= 0.6 is 15.9 Å². The monoisotopic (exact) mass is 461 g/mol. The first-order valence-electron chi connectivity index (χ1n) is 8.72. The number of benzene rings is 2. The Kier molecular flexibility index (Phi) is 8.15. The summed E-state index contributed by atoms with van der Waals surface area (Å²) >= 11 is 3.52. The van der Waals surface area contributed by atoms with Crippen LogP contribution in [0.2, 0.25) is 0 Å². The fourth-order valence-corrected chi connectivity index (χ4v) is 3.30. The third-order valence-corrected chi connectivity index (χ3v) is 4.57. The summed E-state index contributed by atoms with van der Waals surface area (Å²) in [6.45, 7) is 1.49. The van der Waals surface area contributed by atoms with E-state index in [1.807, 2.05) is 36.4 Å². The van der Waals surface area contributed by atoms with Crippen molar-refractivity contribution in [2.24, 2.45) is 0 Å². The van der Waals surface area contributed by atoms with Crippen molar-refractivity contribution in [3.8, 4) is 23.0 Å². The van der Waals surface area contributed by atoms with Crippen LogP contribution in [0.3, 0.4) is 0 Å². The van der Waals surface area contributed by atoms with Crippen LogP contribution in [0, 0.1) is 0 Å². The van der Waals surface area contributed by atoms with Gasteiger partial charge in [0, 0.05) is 6.20 Å². The van der Waals surface area contributed by atoms with Crippen molar-refractivity contribution in [2.75, 3.05) is 33.8 Å². The van der Waals surface area contributed by atoms with Crippen LogP contribution in [0.15, 0.2) is 41.0 Å². The first kappa shape index (κ1) is 22.4. The number of allylic oxidation sites excluding steroid dienone is 1. The van der Waals surface area contributed by atoms with E-state index in [0.29, 0.717) is 23.0 Å². The summed E-state index contributed by atoms with van der Waals surface area (Å²) < 4.78 is 22.4. The minimum absolute atomic E-state index is 0.0472. The number of ether oxygens (including phenoxy) is 4. The molecule has 0 bridgehead atoms. The number of methoxy groups -OCH3 is 4. The number of halogens is 1. The lowest BCUT2D eigenvalue weighted by Crippen LogP contribution is -1.96. The molecule has 0 spiro atoms. The van der Waals surface area contributed by atoms with Gasteiger partial charge in [0.15, 0.2) is 23.0 Å². The first-order valence-corrected chi connectivity index (χ1v) is 9.52. The molecule has 2 rings (SSSR count). The third kappa shape index (κ3) is 5.77. The highest BCUT2D eigenvalue weighted by atomic mass is 79.9. The van der Waals surface area contributed by atoms with E-state index in [0.717, 1.165) is 21.3 Å². The molecule has 0 amide bonds. The summed E-state index contributed by atoms with van der Waals surface area (Å²) in [6, 6.07) is 7.59. The average Bonchev–Trinajstić information content (AvgIpc) is 2.70. The molecule has 154 valence electrons. The lowest BCUT2D eigenvalue weighted by atomic mass is 10.1. The fourth-order valence-electron chi connectivity index (χ4n) is 2.66. The maximum absolute atomic E-state index is 11.1. The van der Waals surface area contributed by atoms with E-state index >= 15 is 0 Å². The molecule has 2 aromatic rings. The predicted octanol–water partition coefficient (Wildman–Crippen LogP) is 5.17. The number of hydrogen-bond donors (Lipinski definition) is 1. The van der Waals surface area contributed by atoms with Gasteiger partial charge in [-0.15, -0.1) is 0 Å². The van der Waals surface area contributed by atoms with Crippen molar-refractivity contribution in [3.05, 3.63) is 52.1 Å². The summed E-state index contributed by atoms with van der Waals surface area (Å²) in [5, 5.41) is 3.08. The van der Waals surface area contributed by atoms with Gasteiger partial charge < -0.3 is 24.3 Å². The molecule has 0 aromatic heterocycles. The van der Waals surface area contributed by atoms with E-state index in [1.54, 1.807) is 34.6 Å². The van der Waals surface area contributed by atoms with Crippen molar-refractivity contribution < 1.29 is 23.7 Å². The Balaban J connectivity index is 2.39. The van der Waals surface area contributed by atoms with Gasteiger partial charge in [0.2, 0.25) is 5.75 Å². The quantitative estimate of drug-likeness (QED) is 0.410. The van der Waals surface area contributed by atoms with Gasteiger partial charge in [-0.05, 0) is 64.3 Å². The number of ketones is 1. The molecule has 0 atom stereocenters. The molecule has 0 heterocycles. The fraction of sp³-hybridized carbons (Fsp3) is 0.227. The van der Waals surface area contributed by atoms with E-state index in [4.69, 9.17) is 18.9 Å². The molecule has 1 N–H and O–H groups in total. The van der Waals surface area contributed by atoms with Crippen LogP contribution < -0.4 is 24.3 Å². The Morgan fingerprint density at radius 2 is 1.41 bits per heavy atom.